The standard InChI is InChI=1S/C9H14O3/c1-7(10-3)6-9(12-5)8(2)11-4/h6H,1-2H2,3-5H3/b9-6+. The first-order valence-corrected chi connectivity index (χ1v) is 3.37. The third-order valence-electron chi connectivity index (χ3n) is 1.30. The van der Waals surface area contributed by atoms with Crippen LogP contribution in [0.25, 0.3) is 0 Å². The molecule has 0 saturated carbocycles. The van der Waals surface area contributed by atoms with Crippen LogP contribution in [0, 0.1) is 0 Å². The van der Waals surface area contributed by atoms with E-state index in [1.807, 2.05) is 0 Å². The number of rotatable bonds is 5. The van der Waals surface area contributed by atoms with Crippen molar-refractivity contribution in [2.45, 2.75) is 0 Å². The lowest BCUT2D eigenvalue weighted by atomic mass is 10.3. The molecular formula is C9H14O3. The maximum absolute atomic E-state index is 4.97. The van der Waals surface area contributed by atoms with Crippen molar-refractivity contribution in [3.05, 3.63) is 36.5 Å². The van der Waals surface area contributed by atoms with Crippen LogP contribution in [0.1, 0.15) is 0 Å². The smallest absolute Gasteiger partial charge is 0.163 e. The van der Waals surface area contributed by atoms with Crippen LogP contribution in [0.15, 0.2) is 36.5 Å². The second-order valence-corrected chi connectivity index (χ2v) is 2.01. The van der Waals surface area contributed by atoms with Gasteiger partial charge in [-0.05, 0) is 0 Å². The summed E-state index contributed by atoms with van der Waals surface area (Å²) in [5, 5.41) is 0. The van der Waals surface area contributed by atoms with Gasteiger partial charge in [-0.15, -0.1) is 0 Å². The molecule has 0 aromatic heterocycles. The summed E-state index contributed by atoms with van der Waals surface area (Å²) in [6.07, 6.45) is 1.60. The second-order valence-electron chi connectivity index (χ2n) is 2.01. The number of allylic oxidation sites excluding steroid dienone is 1. The minimum absolute atomic E-state index is 0.440. The molecule has 0 heterocycles. The molecule has 0 rings (SSSR count). The summed E-state index contributed by atoms with van der Waals surface area (Å²) >= 11 is 0. The van der Waals surface area contributed by atoms with E-state index in [9.17, 15) is 0 Å². The van der Waals surface area contributed by atoms with Crippen LogP contribution in [0.3, 0.4) is 0 Å². The maximum atomic E-state index is 4.97. The van der Waals surface area contributed by atoms with Crippen LogP contribution in [-0.4, -0.2) is 21.3 Å². The van der Waals surface area contributed by atoms with E-state index in [0.29, 0.717) is 17.3 Å². The first-order valence-electron chi connectivity index (χ1n) is 3.37. The minimum Gasteiger partial charge on any atom is -0.497 e. The number of methoxy groups -OCH3 is 3. The van der Waals surface area contributed by atoms with Gasteiger partial charge in [0.1, 0.15) is 5.76 Å². The Hall–Kier alpha value is -1.38. The molecule has 68 valence electrons. The quantitative estimate of drug-likeness (QED) is 0.465. The Morgan fingerprint density at radius 1 is 1.00 bits per heavy atom. The van der Waals surface area contributed by atoms with Gasteiger partial charge in [-0.3, -0.25) is 0 Å². The van der Waals surface area contributed by atoms with Gasteiger partial charge in [0, 0.05) is 6.08 Å². The molecule has 0 unspecified atom stereocenters. The molecule has 0 aliphatic carbocycles. The molecule has 0 aliphatic heterocycles. The number of hydrogen-bond acceptors (Lipinski definition) is 3. The summed E-state index contributed by atoms with van der Waals surface area (Å²) in [5.74, 6) is 1.44. The Kier molecular flexibility index (Phi) is 4.69. The van der Waals surface area contributed by atoms with Gasteiger partial charge in [0.2, 0.25) is 0 Å². The lowest BCUT2D eigenvalue weighted by molar-refractivity contribution is 0.218. The van der Waals surface area contributed by atoms with Crippen molar-refractivity contribution >= 4 is 0 Å². The predicted octanol–water partition coefficient (Wildman–Crippen LogP) is 1.84. The van der Waals surface area contributed by atoms with E-state index < -0.39 is 0 Å². The average Bonchev–Trinajstić information content (AvgIpc) is 2.12. The Labute approximate surface area is 72.9 Å². The van der Waals surface area contributed by atoms with E-state index in [0.717, 1.165) is 0 Å². The largest absolute Gasteiger partial charge is 0.497 e. The Balaban J connectivity index is 4.43. The highest BCUT2D eigenvalue weighted by atomic mass is 16.5. The zero-order valence-corrected chi connectivity index (χ0v) is 7.72. The van der Waals surface area contributed by atoms with Gasteiger partial charge in [0.15, 0.2) is 11.5 Å². The lowest BCUT2D eigenvalue weighted by Crippen LogP contribution is -1.94. The van der Waals surface area contributed by atoms with Crippen molar-refractivity contribution in [2.24, 2.45) is 0 Å². The molecule has 0 N–H and O–H groups in total. The Morgan fingerprint density at radius 3 is 1.92 bits per heavy atom. The van der Waals surface area contributed by atoms with Gasteiger partial charge in [0.25, 0.3) is 0 Å². The fraction of sp³-hybridized carbons (Fsp3) is 0.333. The van der Waals surface area contributed by atoms with E-state index in [4.69, 9.17) is 14.2 Å². The molecule has 0 amide bonds. The van der Waals surface area contributed by atoms with Gasteiger partial charge in [0.05, 0.1) is 21.3 Å². The fourth-order valence-corrected chi connectivity index (χ4v) is 0.559. The maximum Gasteiger partial charge on any atom is 0.163 e. The van der Waals surface area contributed by atoms with E-state index in [1.165, 1.54) is 21.3 Å². The molecule has 3 heteroatoms. The molecule has 0 radical (unpaired) electrons. The van der Waals surface area contributed by atoms with E-state index in [1.54, 1.807) is 6.08 Å². The lowest BCUT2D eigenvalue weighted by Gasteiger charge is -2.08. The molecule has 0 saturated heterocycles. The van der Waals surface area contributed by atoms with Gasteiger partial charge in [-0.25, -0.2) is 0 Å². The van der Waals surface area contributed by atoms with Crippen molar-refractivity contribution < 1.29 is 14.2 Å². The predicted molar refractivity (Wildman–Crippen MR) is 47.4 cm³/mol. The fourth-order valence-electron chi connectivity index (χ4n) is 0.559. The van der Waals surface area contributed by atoms with Crippen molar-refractivity contribution in [2.75, 3.05) is 21.3 Å². The molecule has 0 bridgehead atoms. The summed E-state index contributed by atoms with van der Waals surface area (Å²) in [6, 6.07) is 0. The Bertz CT molecular complexity index is 204. The molecule has 0 fully saturated rings. The molecular weight excluding hydrogens is 156 g/mol. The van der Waals surface area contributed by atoms with Crippen LogP contribution in [0.4, 0.5) is 0 Å². The first kappa shape index (κ1) is 10.6. The highest BCUT2D eigenvalue weighted by Gasteiger charge is 2.02. The van der Waals surface area contributed by atoms with Gasteiger partial charge in [-0.2, -0.15) is 0 Å². The average molecular weight is 170 g/mol. The molecule has 12 heavy (non-hydrogen) atoms. The summed E-state index contributed by atoms with van der Waals surface area (Å²) < 4.78 is 14.7. The van der Waals surface area contributed by atoms with Gasteiger partial charge >= 0.3 is 0 Å². The number of hydrogen-bond donors (Lipinski definition) is 0. The van der Waals surface area contributed by atoms with Gasteiger partial charge in [-0.1, -0.05) is 13.2 Å². The summed E-state index contributed by atoms with van der Waals surface area (Å²) in [7, 11) is 4.57. The zero-order chi connectivity index (χ0) is 9.56. The monoisotopic (exact) mass is 170 g/mol. The molecule has 0 aromatic rings. The summed E-state index contributed by atoms with van der Waals surface area (Å²) in [5.41, 5.74) is 0. The van der Waals surface area contributed by atoms with Crippen molar-refractivity contribution in [1.82, 2.24) is 0 Å². The first-order chi connectivity index (χ1) is 5.65. The topological polar surface area (TPSA) is 27.7 Å². The molecule has 0 aromatic carbocycles. The zero-order valence-electron chi connectivity index (χ0n) is 7.72. The minimum atomic E-state index is 0.440. The second kappa shape index (κ2) is 5.29. The molecule has 0 atom stereocenters. The van der Waals surface area contributed by atoms with Gasteiger partial charge < -0.3 is 14.2 Å². The van der Waals surface area contributed by atoms with Crippen molar-refractivity contribution in [1.29, 1.82) is 0 Å². The summed E-state index contributed by atoms with van der Waals surface area (Å²) in [4.78, 5) is 0. The number of ether oxygens (including phenoxy) is 3. The van der Waals surface area contributed by atoms with E-state index in [2.05, 4.69) is 13.2 Å². The van der Waals surface area contributed by atoms with Crippen LogP contribution in [0.5, 0.6) is 0 Å². The summed E-state index contributed by atoms with van der Waals surface area (Å²) in [6.45, 7) is 7.22. The van der Waals surface area contributed by atoms with E-state index in [-0.39, 0.29) is 0 Å². The molecule has 3 nitrogen and oxygen atoms in total. The Morgan fingerprint density at radius 2 is 1.58 bits per heavy atom. The third kappa shape index (κ3) is 3.14. The van der Waals surface area contributed by atoms with Crippen LogP contribution >= 0.6 is 0 Å². The highest BCUT2D eigenvalue weighted by molar-refractivity contribution is 5.23. The van der Waals surface area contributed by atoms with Crippen molar-refractivity contribution in [3.63, 3.8) is 0 Å². The third-order valence-corrected chi connectivity index (χ3v) is 1.30. The van der Waals surface area contributed by atoms with Crippen LogP contribution in [-0.2, 0) is 14.2 Å². The normalized spacial score (nSPS) is 10.4. The van der Waals surface area contributed by atoms with E-state index >= 15 is 0 Å². The molecule has 0 spiro atoms. The van der Waals surface area contributed by atoms with Crippen LogP contribution in [0.2, 0.25) is 0 Å². The van der Waals surface area contributed by atoms with Crippen molar-refractivity contribution in [3.8, 4) is 0 Å². The highest BCUT2D eigenvalue weighted by Crippen LogP contribution is 2.11. The SMILES string of the molecule is C=C(/C=C(/OC)C(=C)OC)OC. The van der Waals surface area contributed by atoms with Crippen LogP contribution < -0.4 is 0 Å². The molecule has 0 aliphatic rings.